The number of benzene rings is 3. The number of para-hydroxylation sites is 2. The SMILES string of the molecule is COc1ccc(S(=O)(=O)N(CC(=O)Nc2ccccc2C(=O)NCC(C)C)c2ccccc2F)cc1OC. The summed E-state index contributed by atoms with van der Waals surface area (Å²) < 4.78 is 53.2. The van der Waals surface area contributed by atoms with Crippen LogP contribution < -0.4 is 24.4 Å². The molecular weight excluding hydrogens is 513 g/mol. The minimum absolute atomic E-state index is 0.146. The highest BCUT2D eigenvalue weighted by Crippen LogP contribution is 2.33. The van der Waals surface area contributed by atoms with Crippen molar-refractivity contribution >= 4 is 33.2 Å². The van der Waals surface area contributed by atoms with Crippen molar-refractivity contribution in [3.63, 3.8) is 0 Å². The normalized spacial score (nSPS) is 11.1. The third kappa shape index (κ3) is 6.60. The van der Waals surface area contributed by atoms with E-state index >= 15 is 0 Å². The zero-order chi connectivity index (χ0) is 27.9. The average Bonchev–Trinajstić information content (AvgIpc) is 2.90. The van der Waals surface area contributed by atoms with Gasteiger partial charge in [-0.2, -0.15) is 0 Å². The van der Waals surface area contributed by atoms with Gasteiger partial charge < -0.3 is 20.1 Å². The molecule has 3 aromatic rings. The number of carbonyl (C=O) groups is 2. The Hall–Kier alpha value is -4.12. The average molecular weight is 544 g/mol. The van der Waals surface area contributed by atoms with Crippen molar-refractivity contribution in [2.75, 3.05) is 36.9 Å². The van der Waals surface area contributed by atoms with E-state index in [2.05, 4.69) is 10.6 Å². The molecule has 0 aromatic heterocycles. The fourth-order valence-corrected chi connectivity index (χ4v) is 5.00. The Labute approximate surface area is 221 Å². The van der Waals surface area contributed by atoms with Crippen molar-refractivity contribution in [1.29, 1.82) is 0 Å². The number of nitrogens with zero attached hydrogens (tertiary/aromatic N) is 1. The maximum atomic E-state index is 14.8. The zero-order valence-corrected chi connectivity index (χ0v) is 22.3. The van der Waals surface area contributed by atoms with E-state index in [0.717, 1.165) is 6.07 Å². The monoisotopic (exact) mass is 543 g/mol. The number of sulfonamides is 1. The number of nitrogens with one attached hydrogen (secondary N) is 2. The molecule has 2 amide bonds. The van der Waals surface area contributed by atoms with Crippen molar-refractivity contribution < 1.29 is 31.9 Å². The number of rotatable bonds is 11. The van der Waals surface area contributed by atoms with E-state index in [-0.39, 0.29) is 33.5 Å². The van der Waals surface area contributed by atoms with Gasteiger partial charge in [-0.15, -0.1) is 0 Å². The number of amides is 2. The minimum Gasteiger partial charge on any atom is -0.493 e. The molecule has 3 rings (SSSR count). The Kier molecular flexibility index (Phi) is 9.30. The van der Waals surface area contributed by atoms with Gasteiger partial charge in [0.2, 0.25) is 5.91 Å². The second kappa shape index (κ2) is 12.4. The topological polar surface area (TPSA) is 114 Å². The molecule has 2 N–H and O–H groups in total. The van der Waals surface area contributed by atoms with Crippen molar-refractivity contribution in [2.24, 2.45) is 5.92 Å². The third-order valence-corrected chi connectivity index (χ3v) is 7.22. The molecular formula is C27H30FN3O6S. The van der Waals surface area contributed by atoms with Gasteiger partial charge in [-0.25, -0.2) is 12.8 Å². The number of hydrogen-bond donors (Lipinski definition) is 2. The molecule has 0 radical (unpaired) electrons. The van der Waals surface area contributed by atoms with Gasteiger partial charge in [-0.05, 0) is 42.3 Å². The Morgan fingerprint density at radius 3 is 2.26 bits per heavy atom. The van der Waals surface area contributed by atoms with Crippen LogP contribution in [0.2, 0.25) is 0 Å². The van der Waals surface area contributed by atoms with Gasteiger partial charge >= 0.3 is 0 Å². The van der Waals surface area contributed by atoms with E-state index in [0.29, 0.717) is 16.6 Å². The molecule has 0 aliphatic rings. The van der Waals surface area contributed by atoms with Crippen molar-refractivity contribution in [3.8, 4) is 11.5 Å². The molecule has 0 aliphatic heterocycles. The summed E-state index contributed by atoms with van der Waals surface area (Å²) in [5, 5.41) is 5.37. The standard InChI is InChI=1S/C27H30FN3O6S/c1-18(2)16-29-27(33)20-9-5-7-11-22(20)30-26(32)17-31(23-12-8-6-10-21(23)28)38(34,35)19-13-14-24(36-3)25(15-19)37-4/h5-15,18H,16-17H2,1-4H3,(H,29,33)(H,30,32). The predicted octanol–water partition coefficient (Wildman–Crippen LogP) is 4.06. The molecule has 0 aliphatic carbocycles. The Morgan fingerprint density at radius 1 is 0.947 bits per heavy atom. The molecule has 0 spiro atoms. The molecule has 0 saturated heterocycles. The molecule has 0 fully saturated rings. The van der Waals surface area contributed by atoms with E-state index in [9.17, 15) is 22.4 Å². The maximum Gasteiger partial charge on any atom is 0.265 e. The van der Waals surface area contributed by atoms with Crippen molar-refractivity contribution in [3.05, 3.63) is 78.1 Å². The quantitative estimate of drug-likeness (QED) is 0.377. The van der Waals surface area contributed by atoms with Gasteiger partial charge in [0.15, 0.2) is 11.5 Å². The van der Waals surface area contributed by atoms with Crippen LogP contribution in [0.1, 0.15) is 24.2 Å². The number of hydrogen-bond acceptors (Lipinski definition) is 6. The first-order valence-electron chi connectivity index (χ1n) is 11.7. The fraction of sp³-hybridized carbons (Fsp3) is 0.259. The van der Waals surface area contributed by atoms with Gasteiger partial charge in [0.1, 0.15) is 12.4 Å². The van der Waals surface area contributed by atoms with Crippen molar-refractivity contribution in [1.82, 2.24) is 5.32 Å². The van der Waals surface area contributed by atoms with Crippen LogP contribution in [0.5, 0.6) is 11.5 Å². The highest BCUT2D eigenvalue weighted by Gasteiger charge is 2.30. The van der Waals surface area contributed by atoms with E-state index < -0.39 is 34.2 Å². The second-order valence-corrected chi connectivity index (χ2v) is 10.5. The summed E-state index contributed by atoms with van der Waals surface area (Å²) in [7, 11) is -1.69. The minimum atomic E-state index is -4.45. The lowest BCUT2D eigenvalue weighted by Crippen LogP contribution is -2.39. The second-order valence-electron chi connectivity index (χ2n) is 8.68. The smallest absolute Gasteiger partial charge is 0.265 e. The Morgan fingerprint density at radius 2 is 1.61 bits per heavy atom. The molecule has 0 saturated carbocycles. The molecule has 0 unspecified atom stereocenters. The van der Waals surface area contributed by atoms with E-state index in [1.54, 1.807) is 18.2 Å². The third-order valence-electron chi connectivity index (χ3n) is 5.47. The number of carbonyl (C=O) groups excluding carboxylic acids is 2. The van der Waals surface area contributed by atoms with Crippen molar-refractivity contribution in [2.45, 2.75) is 18.7 Å². The lowest BCUT2D eigenvalue weighted by molar-refractivity contribution is -0.114. The first kappa shape index (κ1) is 28.5. The van der Waals surface area contributed by atoms with Crippen LogP contribution >= 0.6 is 0 Å². The maximum absolute atomic E-state index is 14.8. The van der Waals surface area contributed by atoms with Gasteiger partial charge in [-0.3, -0.25) is 13.9 Å². The summed E-state index contributed by atoms with van der Waals surface area (Å²) in [6.45, 7) is 3.57. The first-order chi connectivity index (χ1) is 18.1. The molecule has 11 heteroatoms. The lowest BCUT2D eigenvalue weighted by Gasteiger charge is -2.25. The largest absolute Gasteiger partial charge is 0.493 e. The van der Waals surface area contributed by atoms with Crippen LogP contribution in [0.25, 0.3) is 0 Å². The summed E-state index contributed by atoms with van der Waals surface area (Å²) in [6, 6.07) is 15.5. The predicted molar refractivity (Wildman–Crippen MR) is 143 cm³/mol. The number of anilines is 2. The van der Waals surface area contributed by atoms with Gasteiger partial charge in [0.05, 0.1) is 36.1 Å². The summed E-state index contributed by atoms with van der Waals surface area (Å²) in [5.74, 6) is -1.34. The summed E-state index contributed by atoms with van der Waals surface area (Å²) in [5.41, 5.74) is 0.0813. The lowest BCUT2D eigenvalue weighted by atomic mass is 10.1. The molecule has 202 valence electrons. The van der Waals surface area contributed by atoms with Gasteiger partial charge in [-0.1, -0.05) is 38.1 Å². The number of methoxy groups -OCH3 is 2. The van der Waals surface area contributed by atoms with Crippen LogP contribution in [-0.4, -0.2) is 47.5 Å². The Balaban J connectivity index is 1.96. The summed E-state index contributed by atoms with van der Waals surface area (Å²) >= 11 is 0. The zero-order valence-electron chi connectivity index (χ0n) is 21.5. The molecule has 3 aromatic carbocycles. The molecule has 0 atom stereocenters. The van der Waals surface area contributed by atoms with Crippen LogP contribution in [0.3, 0.4) is 0 Å². The summed E-state index contributed by atoms with van der Waals surface area (Å²) in [6.07, 6.45) is 0. The molecule has 0 bridgehead atoms. The Bertz CT molecular complexity index is 1410. The fourth-order valence-electron chi connectivity index (χ4n) is 3.56. The molecule has 9 nitrogen and oxygen atoms in total. The number of halogens is 1. The highest BCUT2D eigenvalue weighted by molar-refractivity contribution is 7.92. The summed E-state index contributed by atoms with van der Waals surface area (Å²) in [4.78, 5) is 25.6. The van der Waals surface area contributed by atoms with Gasteiger partial charge in [0, 0.05) is 12.6 Å². The van der Waals surface area contributed by atoms with Crippen LogP contribution in [0.15, 0.2) is 71.6 Å². The van der Waals surface area contributed by atoms with Crippen LogP contribution in [0.4, 0.5) is 15.8 Å². The molecule has 0 heterocycles. The number of ether oxygens (including phenoxy) is 2. The molecule has 38 heavy (non-hydrogen) atoms. The highest BCUT2D eigenvalue weighted by atomic mass is 32.2. The van der Waals surface area contributed by atoms with Gasteiger partial charge in [0.25, 0.3) is 15.9 Å². The van der Waals surface area contributed by atoms with E-state index in [4.69, 9.17) is 9.47 Å². The van der Waals surface area contributed by atoms with E-state index in [1.165, 1.54) is 56.7 Å². The van der Waals surface area contributed by atoms with Crippen LogP contribution in [-0.2, 0) is 14.8 Å². The van der Waals surface area contributed by atoms with E-state index in [1.807, 2.05) is 13.8 Å². The van der Waals surface area contributed by atoms with Crippen LogP contribution in [0, 0.1) is 11.7 Å². The first-order valence-corrected chi connectivity index (χ1v) is 13.2.